The van der Waals surface area contributed by atoms with Gasteiger partial charge in [-0.1, -0.05) is 24.3 Å². The molecule has 0 unspecified atom stereocenters. The lowest BCUT2D eigenvalue weighted by atomic mass is 10.1. The van der Waals surface area contributed by atoms with E-state index in [-0.39, 0.29) is 0 Å². The van der Waals surface area contributed by atoms with Crippen molar-refractivity contribution in [3.05, 3.63) is 42.2 Å². The highest BCUT2D eigenvalue weighted by Crippen LogP contribution is 2.22. The van der Waals surface area contributed by atoms with Gasteiger partial charge in [0.15, 0.2) is 5.82 Å². The Morgan fingerprint density at radius 2 is 1.88 bits per heavy atom. The fraction of sp³-hybridized carbons (Fsp3) is 0.167. The molecule has 0 saturated carbocycles. The Hall–Kier alpha value is -1.98. The van der Waals surface area contributed by atoms with Gasteiger partial charge in [-0.3, -0.25) is 4.98 Å². The fourth-order valence-electron chi connectivity index (χ4n) is 1.58. The molecule has 88 valence electrons. The molecular weight excluding hydrogens is 216 g/mol. The van der Waals surface area contributed by atoms with Crippen LogP contribution in [-0.4, -0.2) is 17.1 Å². The van der Waals surface area contributed by atoms with E-state index in [4.69, 9.17) is 10.6 Å². The van der Waals surface area contributed by atoms with Crippen molar-refractivity contribution in [1.29, 1.82) is 0 Å². The molecule has 0 radical (unpaired) electrons. The van der Waals surface area contributed by atoms with E-state index in [1.165, 1.54) is 0 Å². The summed E-state index contributed by atoms with van der Waals surface area (Å²) < 4.78 is 5.06. The second-order valence-electron chi connectivity index (χ2n) is 3.53. The normalized spacial score (nSPS) is 10.2. The van der Waals surface area contributed by atoms with Gasteiger partial charge in [0.1, 0.15) is 5.69 Å². The number of nitrogens with two attached hydrogens (primary N) is 1. The summed E-state index contributed by atoms with van der Waals surface area (Å²) in [6.07, 6.45) is 3.23. The van der Waals surface area contributed by atoms with Crippen LogP contribution < -0.4 is 11.3 Å². The first-order valence-electron chi connectivity index (χ1n) is 5.21. The van der Waals surface area contributed by atoms with Crippen LogP contribution >= 0.6 is 0 Å². The molecule has 0 atom stereocenters. The molecular formula is C12H14N4O. The van der Waals surface area contributed by atoms with Gasteiger partial charge in [0.25, 0.3) is 0 Å². The van der Waals surface area contributed by atoms with Gasteiger partial charge in [-0.15, -0.1) is 0 Å². The molecule has 17 heavy (non-hydrogen) atoms. The second kappa shape index (κ2) is 5.38. The molecule has 0 fully saturated rings. The Kier molecular flexibility index (Phi) is 3.64. The van der Waals surface area contributed by atoms with E-state index in [0.717, 1.165) is 16.8 Å². The highest BCUT2D eigenvalue weighted by atomic mass is 16.5. The number of rotatable bonds is 4. The first-order chi connectivity index (χ1) is 8.35. The van der Waals surface area contributed by atoms with Crippen LogP contribution in [0.2, 0.25) is 0 Å². The monoisotopic (exact) mass is 230 g/mol. The zero-order valence-corrected chi connectivity index (χ0v) is 9.55. The van der Waals surface area contributed by atoms with E-state index in [9.17, 15) is 0 Å². The van der Waals surface area contributed by atoms with Crippen molar-refractivity contribution in [3.63, 3.8) is 0 Å². The minimum atomic E-state index is 0.562. The average Bonchev–Trinajstić information content (AvgIpc) is 2.40. The predicted molar refractivity (Wildman–Crippen MR) is 66.0 cm³/mol. The Morgan fingerprint density at radius 3 is 2.53 bits per heavy atom. The summed E-state index contributed by atoms with van der Waals surface area (Å²) in [5, 5.41) is 0. The molecule has 0 aliphatic rings. The molecule has 5 heteroatoms. The smallest absolute Gasteiger partial charge is 0.166 e. The maximum atomic E-state index is 5.39. The van der Waals surface area contributed by atoms with Gasteiger partial charge in [-0.05, 0) is 5.56 Å². The van der Waals surface area contributed by atoms with Crippen LogP contribution in [0, 0.1) is 0 Å². The van der Waals surface area contributed by atoms with Crippen LogP contribution in [0.25, 0.3) is 11.3 Å². The van der Waals surface area contributed by atoms with E-state index in [2.05, 4.69) is 15.4 Å². The predicted octanol–water partition coefficient (Wildman–Crippen LogP) is 1.58. The lowest BCUT2D eigenvalue weighted by Gasteiger charge is -2.07. The Balaban J connectivity index is 2.33. The summed E-state index contributed by atoms with van der Waals surface area (Å²) in [6.45, 7) is 0.600. The number of hydrogen-bond acceptors (Lipinski definition) is 5. The second-order valence-corrected chi connectivity index (χ2v) is 3.53. The largest absolute Gasteiger partial charge is 0.380 e. The molecule has 5 nitrogen and oxygen atoms in total. The molecule has 0 aliphatic heterocycles. The van der Waals surface area contributed by atoms with Crippen molar-refractivity contribution < 1.29 is 4.74 Å². The van der Waals surface area contributed by atoms with E-state index in [0.29, 0.717) is 12.4 Å². The van der Waals surface area contributed by atoms with Crippen LogP contribution in [0.4, 0.5) is 5.82 Å². The number of hydrogen-bond donors (Lipinski definition) is 2. The number of hydrazine groups is 1. The molecule has 0 aliphatic carbocycles. The summed E-state index contributed by atoms with van der Waals surface area (Å²) in [6, 6.07) is 7.93. The van der Waals surface area contributed by atoms with Crippen LogP contribution in [0.3, 0.4) is 0 Å². The van der Waals surface area contributed by atoms with Crippen molar-refractivity contribution in [1.82, 2.24) is 9.97 Å². The quantitative estimate of drug-likeness (QED) is 0.616. The number of nitrogens with zero attached hydrogens (tertiary/aromatic N) is 2. The standard InChI is InChI=1S/C12H14N4O/c1-17-8-9-2-4-10(5-3-9)11-12(16-13)15-7-6-14-11/h2-7H,8,13H2,1H3,(H,15,16). The Morgan fingerprint density at radius 1 is 1.18 bits per heavy atom. The summed E-state index contributed by atoms with van der Waals surface area (Å²) in [5.74, 6) is 5.96. The minimum absolute atomic E-state index is 0.562. The maximum absolute atomic E-state index is 5.39. The van der Waals surface area contributed by atoms with Crippen molar-refractivity contribution in [2.24, 2.45) is 5.84 Å². The molecule has 2 rings (SSSR count). The average molecular weight is 230 g/mol. The highest BCUT2D eigenvalue weighted by Gasteiger charge is 2.06. The molecule has 1 aromatic heterocycles. The van der Waals surface area contributed by atoms with Crippen LogP contribution in [-0.2, 0) is 11.3 Å². The maximum Gasteiger partial charge on any atom is 0.166 e. The van der Waals surface area contributed by atoms with Gasteiger partial charge in [-0.2, -0.15) is 0 Å². The molecule has 0 bridgehead atoms. The van der Waals surface area contributed by atoms with Crippen LogP contribution in [0.1, 0.15) is 5.56 Å². The molecule has 0 saturated heterocycles. The highest BCUT2D eigenvalue weighted by molar-refractivity contribution is 5.70. The lowest BCUT2D eigenvalue weighted by Crippen LogP contribution is -2.10. The van der Waals surface area contributed by atoms with Crippen LogP contribution in [0.15, 0.2) is 36.7 Å². The molecule has 1 heterocycles. The summed E-state index contributed by atoms with van der Waals surface area (Å²) >= 11 is 0. The number of benzene rings is 1. The summed E-state index contributed by atoms with van der Waals surface area (Å²) in [7, 11) is 1.67. The van der Waals surface area contributed by atoms with Gasteiger partial charge in [0, 0.05) is 25.1 Å². The van der Waals surface area contributed by atoms with E-state index in [1.807, 2.05) is 24.3 Å². The zero-order valence-electron chi connectivity index (χ0n) is 9.55. The SMILES string of the molecule is COCc1ccc(-c2nccnc2NN)cc1. The van der Waals surface area contributed by atoms with Gasteiger partial charge in [0.2, 0.25) is 0 Å². The Bertz CT molecular complexity index is 484. The van der Waals surface area contributed by atoms with E-state index >= 15 is 0 Å². The molecule has 0 spiro atoms. The van der Waals surface area contributed by atoms with Gasteiger partial charge >= 0.3 is 0 Å². The first-order valence-corrected chi connectivity index (χ1v) is 5.21. The number of methoxy groups -OCH3 is 1. The van der Waals surface area contributed by atoms with Gasteiger partial charge in [0.05, 0.1) is 6.61 Å². The minimum Gasteiger partial charge on any atom is -0.380 e. The van der Waals surface area contributed by atoms with Crippen molar-refractivity contribution in [3.8, 4) is 11.3 Å². The van der Waals surface area contributed by atoms with Crippen molar-refractivity contribution in [2.45, 2.75) is 6.61 Å². The molecule has 2 aromatic rings. The fourth-order valence-corrected chi connectivity index (χ4v) is 1.58. The number of nitrogen functional groups attached to an aromatic ring is 1. The van der Waals surface area contributed by atoms with Crippen LogP contribution in [0.5, 0.6) is 0 Å². The summed E-state index contributed by atoms with van der Waals surface area (Å²) in [5.41, 5.74) is 5.35. The van der Waals surface area contributed by atoms with Crippen molar-refractivity contribution >= 4 is 5.82 Å². The van der Waals surface area contributed by atoms with Gasteiger partial charge < -0.3 is 10.2 Å². The van der Waals surface area contributed by atoms with Gasteiger partial charge in [-0.25, -0.2) is 10.8 Å². The number of nitrogens with one attached hydrogen (secondary N) is 1. The van der Waals surface area contributed by atoms with E-state index < -0.39 is 0 Å². The topological polar surface area (TPSA) is 73.1 Å². The third-order valence-electron chi connectivity index (χ3n) is 2.37. The number of aromatic nitrogens is 2. The third kappa shape index (κ3) is 2.58. The number of anilines is 1. The molecule has 3 N–H and O–H groups in total. The summed E-state index contributed by atoms with van der Waals surface area (Å²) in [4.78, 5) is 8.37. The van der Waals surface area contributed by atoms with Crippen molar-refractivity contribution in [2.75, 3.05) is 12.5 Å². The lowest BCUT2D eigenvalue weighted by molar-refractivity contribution is 0.185. The molecule has 0 amide bonds. The third-order valence-corrected chi connectivity index (χ3v) is 2.37. The number of ether oxygens (including phenoxy) is 1. The first kappa shape index (κ1) is 11.5. The van der Waals surface area contributed by atoms with E-state index in [1.54, 1.807) is 19.5 Å². The Labute approximate surface area is 99.6 Å². The molecule has 1 aromatic carbocycles. The zero-order chi connectivity index (χ0) is 12.1.